The third kappa shape index (κ3) is 6.48. The molecule has 1 unspecified atom stereocenters. The van der Waals surface area contributed by atoms with Crippen molar-refractivity contribution in [1.82, 2.24) is 5.32 Å². The number of allylic oxidation sites excluding steroid dienone is 3. The molecular weight excluding hydrogens is 279 g/mol. The smallest absolute Gasteiger partial charge is 0.375 e. The highest BCUT2D eigenvalue weighted by Gasteiger charge is 2.55. The summed E-state index contributed by atoms with van der Waals surface area (Å²) in [4.78, 5) is 0. The van der Waals surface area contributed by atoms with Crippen LogP contribution in [0.4, 0.5) is 13.2 Å². The minimum absolute atomic E-state index is 0.150. The Balaban J connectivity index is 0. The Morgan fingerprint density at radius 3 is 2.14 bits per heavy atom. The molecule has 124 valence electrons. The number of aliphatic hydroxyl groups is 1. The van der Waals surface area contributed by atoms with Crippen LogP contribution in [0.2, 0.25) is 0 Å². The minimum atomic E-state index is -4.74. The maximum absolute atomic E-state index is 13.2. The summed E-state index contributed by atoms with van der Waals surface area (Å²) in [6.07, 6.45) is 0.0872. The second-order valence-corrected chi connectivity index (χ2v) is 4.32. The molecule has 0 aliphatic heterocycles. The Labute approximate surface area is 126 Å². The largest absolute Gasteiger partial charge is 0.422 e. The van der Waals surface area contributed by atoms with Gasteiger partial charge in [-0.25, -0.2) is 0 Å². The van der Waals surface area contributed by atoms with Gasteiger partial charge in [-0.15, -0.1) is 0 Å². The van der Waals surface area contributed by atoms with E-state index in [1.807, 2.05) is 20.8 Å². The lowest BCUT2D eigenvalue weighted by molar-refractivity contribution is -0.241. The second-order valence-electron chi connectivity index (χ2n) is 4.32. The first-order valence-electron chi connectivity index (χ1n) is 7.20. The molecule has 21 heavy (non-hydrogen) atoms. The highest BCUT2D eigenvalue weighted by molar-refractivity contribution is 5.40. The molecule has 0 aliphatic rings. The van der Waals surface area contributed by atoms with Crippen molar-refractivity contribution in [1.29, 1.82) is 0 Å². The van der Waals surface area contributed by atoms with E-state index >= 15 is 0 Å². The van der Waals surface area contributed by atoms with Crippen LogP contribution in [0.1, 0.15) is 41.0 Å². The monoisotopic (exact) mass is 307 g/mol. The zero-order chi connectivity index (χ0) is 17.1. The fourth-order valence-corrected chi connectivity index (χ4v) is 1.85. The van der Waals surface area contributed by atoms with Gasteiger partial charge in [0.1, 0.15) is 0 Å². The van der Waals surface area contributed by atoms with Crippen molar-refractivity contribution in [2.24, 2.45) is 0 Å². The molecule has 2 N–H and O–H groups in total. The number of halogens is 3. The third-order valence-electron chi connectivity index (χ3n) is 2.80. The second kappa shape index (κ2) is 10.6. The Kier molecular flexibility index (Phi) is 11.2. The molecule has 0 rings (SSSR count). The molecule has 0 aromatic heterocycles. The number of hydrogen-bond acceptors (Lipinski definition) is 2. The van der Waals surface area contributed by atoms with Gasteiger partial charge in [-0.2, -0.15) is 13.2 Å². The summed E-state index contributed by atoms with van der Waals surface area (Å²) in [6.45, 7) is 12.2. The Hall–Kier alpha value is -1.07. The zero-order valence-corrected chi connectivity index (χ0v) is 13.6. The molecule has 0 heterocycles. The summed E-state index contributed by atoms with van der Waals surface area (Å²) in [5.74, 6) is 0. The van der Waals surface area contributed by atoms with Crippen LogP contribution in [0.15, 0.2) is 36.0 Å². The molecule has 0 amide bonds. The van der Waals surface area contributed by atoms with E-state index in [1.165, 1.54) is 32.1 Å². The van der Waals surface area contributed by atoms with Gasteiger partial charge in [0, 0.05) is 6.54 Å². The maximum Gasteiger partial charge on any atom is 0.422 e. The number of hydrogen-bond donors (Lipinski definition) is 2. The van der Waals surface area contributed by atoms with E-state index in [4.69, 9.17) is 0 Å². The van der Waals surface area contributed by atoms with Crippen LogP contribution >= 0.6 is 0 Å². The predicted molar refractivity (Wildman–Crippen MR) is 83.2 cm³/mol. The fourth-order valence-electron chi connectivity index (χ4n) is 1.85. The first-order chi connectivity index (χ1) is 9.74. The van der Waals surface area contributed by atoms with Crippen molar-refractivity contribution in [3.63, 3.8) is 0 Å². The van der Waals surface area contributed by atoms with Crippen LogP contribution in [0.25, 0.3) is 0 Å². The van der Waals surface area contributed by atoms with E-state index in [0.29, 0.717) is 18.5 Å². The Bertz CT molecular complexity index is 359. The SMILES string of the molecule is C=C/C=C(C)/C(=C\C)C(O)(CNCCC)C(F)(F)F.CC. The first kappa shape index (κ1) is 22.2. The molecule has 0 aliphatic carbocycles. The molecule has 5 heteroatoms. The summed E-state index contributed by atoms with van der Waals surface area (Å²) < 4.78 is 39.6. The molecule has 0 saturated heterocycles. The predicted octanol–water partition coefficient (Wildman–Crippen LogP) is 4.38. The molecule has 0 saturated carbocycles. The normalized spacial score (nSPS) is 15.9. The zero-order valence-electron chi connectivity index (χ0n) is 13.6. The van der Waals surface area contributed by atoms with Gasteiger partial charge in [0.15, 0.2) is 5.60 Å². The highest BCUT2D eigenvalue weighted by atomic mass is 19.4. The molecule has 2 nitrogen and oxygen atoms in total. The molecule has 0 spiro atoms. The van der Waals surface area contributed by atoms with Crippen molar-refractivity contribution >= 4 is 0 Å². The van der Waals surface area contributed by atoms with Gasteiger partial charge in [-0.1, -0.05) is 45.6 Å². The first-order valence-corrected chi connectivity index (χ1v) is 7.20. The summed E-state index contributed by atoms with van der Waals surface area (Å²) in [5, 5.41) is 12.7. The fraction of sp³-hybridized carbons (Fsp3) is 0.625. The van der Waals surface area contributed by atoms with Crippen LogP contribution in [-0.2, 0) is 0 Å². The van der Waals surface area contributed by atoms with E-state index in [0.717, 1.165) is 0 Å². The van der Waals surface area contributed by atoms with Crippen LogP contribution in [0, 0.1) is 0 Å². The topological polar surface area (TPSA) is 32.3 Å². The summed E-state index contributed by atoms with van der Waals surface area (Å²) >= 11 is 0. The summed E-state index contributed by atoms with van der Waals surface area (Å²) in [5.41, 5.74) is -2.69. The van der Waals surface area contributed by atoms with Gasteiger partial charge in [-0.3, -0.25) is 0 Å². The molecule has 0 aromatic carbocycles. The van der Waals surface area contributed by atoms with Crippen LogP contribution in [0.3, 0.4) is 0 Å². The van der Waals surface area contributed by atoms with E-state index < -0.39 is 18.3 Å². The lowest BCUT2D eigenvalue weighted by Crippen LogP contribution is -2.54. The van der Waals surface area contributed by atoms with Crippen molar-refractivity contribution in [2.75, 3.05) is 13.1 Å². The number of alkyl halides is 3. The van der Waals surface area contributed by atoms with E-state index in [-0.39, 0.29) is 5.57 Å². The van der Waals surface area contributed by atoms with E-state index in [2.05, 4.69) is 11.9 Å². The minimum Gasteiger partial charge on any atom is -0.375 e. The lowest BCUT2D eigenvalue weighted by Gasteiger charge is -2.33. The Morgan fingerprint density at radius 1 is 1.29 bits per heavy atom. The highest BCUT2D eigenvalue weighted by Crippen LogP contribution is 2.38. The molecule has 0 bridgehead atoms. The third-order valence-corrected chi connectivity index (χ3v) is 2.80. The van der Waals surface area contributed by atoms with Crippen LogP contribution in [0.5, 0.6) is 0 Å². The van der Waals surface area contributed by atoms with Gasteiger partial charge in [0.2, 0.25) is 0 Å². The summed E-state index contributed by atoms with van der Waals surface area (Å²) in [6, 6.07) is 0. The van der Waals surface area contributed by atoms with Gasteiger partial charge in [-0.05, 0) is 38.0 Å². The van der Waals surface area contributed by atoms with Gasteiger partial charge < -0.3 is 10.4 Å². The van der Waals surface area contributed by atoms with Crippen molar-refractivity contribution < 1.29 is 18.3 Å². The average Bonchev–Trinajstić information content (AvgIpc) is 2.41. The average molecular weight is 307 g/mol. The molecule has 0 aromatic rings. The molecular formula is C16H28F3NO. The van der Waals surface area contributed by atoms with Crippen molar-refractivity contribution in [3.05, 3.63) is 36.0 Å². The maximum atomic E-state index is 13.2. The van der Waals surface area contributed by atoms with Crippen LogP contribution < -0.4 is 5.32 Å². The summed E-state index contributed by atoms with van der Waals surface area (Å²) in [7, 11) is 0. The quantitative estimate of drug-likeness (QED) is 0.540. The Morgan fingerprint density at radius 2 is 1.81 bits per heavy atom. The van der Waals surface area contributed by atoms with Gasteiger partial charge in [0.05, 0.1) is 0 Å². The van der Waals surface area contributed by atoms with E-state index in [9.17, 15) is 18.3 Å². The standard InChI is InChI=1S/C14H22F3NO.C2H6/c1-5-8-11(4)12(7-3)13(19,14(15,16)17)10-18-9-6-2;1-2/h5,7-8,18-19H,1,6,9-10H2,2-4H3;1-2H3/b11-8+,12-7+;. The number of rotatable bonds is 7. The number of nitrogens with one attached hydrogen (secondary N) is 1. The van der Waals surface area contributed by atoms with E-state index in [1.54, 1.807) is 0 Å². The van der Waals surface area contributed by atoms with Crippen molar-refractivity contribution in [3.8, 4) is 0 Å². The lowest BCUT2D eigenvalue weighted by atomic mass is 9.87. The van der Waals surface area contributed by atoms with Gasteiger partial charge in [0.25, 0.3) is 0 Å². The van der Waals surface area contributed by atoms with Crippen LogP contribution in [-0.4, -0.2) is 30.0 Å². The molecule has 0 fully saturated rings. The molecule has 1 atom stereocenters. The molecule has 0 radical (unpaired) electrons. The van der Waals surface area contributed by atoms with Gasteiger partial charge >= 0.3 is 6.18 Å². The van der Waals surface area contributed by atoms with Crippen molar-refractivity contribution in [2.45, 2.75) is 52.8 Å².